The summed E-state index contributed by atoms with van der Waals surface area (Å²) in [5, 5.41) is 0. The molecule has 2 rings (SSSR count). The summed E-state index contributed by atoms with van der Waals surface area (Å²) >= 11 is 0. The van der Waals surface area contributed by atoms with Crippen LogP contribution in [0.3, 0.4) is 0 Å². The lowest BCUT2D eigenvalue weighted by Crippen LogP contribution is -2.29. The highest BCUT2D eigenvalue weighted by Gasteiger charge is 2.16. The van der Waals surface area contributed by atoms with Crippen molar-refractivity contribution in [1.29, 1.82) is 0 Å². The minimum absolute atomic E-state index is 0.111. The number of nitrogens with one attached hydrogen (secondary N) is 2. The fourth-order valence-electron chi connectivity index (χ4n) is 2.14. The van der Waals surface area contributed by atoms with Crippen molar-refractivity contribution in [2.45, 2.75) is 19.9 Å². The molecule has 1 atom stereocenters. The standard InChI is InChI=1S/C15H21N3O2/c1-3-19-13-8-7-11(10-14(13)20-4-2)15(18-16)12-6-5-9-17-12/h5-10,15,17-18H,3-4,16H2,1-2H3. The van der Waals surface area contributed by atoms with Gasteiger partial charge in [-0.05, 0) is 43.7 Å². The number of benzene rings is 1. The minimum atomic E-state index is -0.111. The zero-order chi connectivity index (χ0) is 14.4. The third-order valence-corrected chi connectivity index (χ3v) is 3.00. The van der Waals surface area contributed by atoms with Crippen LogP contribution in [0.25, 0.3) is 0 Å². The maximum atomic E-state index is 5.67. The smallest absolute Gasteiger partial charge is 0.161 e. The molecular weight excluding hydrogens is 254 g/mol. The molecule has 1 aromatic heterocycles. The van der Waals surface area contributed by atoms with E-state index in [2.05, 4.69) is 10.4 Å². The maximum Gasteiger partial charge on any atom is 0.161 e. The third kappa shape index (κ3) is 3.12. The van der Waals surface area contributed by atoms with Gasteiger partial charge in [-0.2, -0.15) is 0 Å². The number of hydrazine groups is 1. The summed E-state index contributed by atoms with van der Waals surface area (Å²) in [4.78, 5) is 3.16. The second kappa shape index (κ2) is 6.98. The molecular formula is C15H21N3O2. The molecule has 4 N–H and O–H groups in total. The summed E-state index contributed by atoms with van der Waals surface area (Å²) < 4.78 is 11.2. The zero-order valence-electron chi connectivity index (χ0n) is 11.8. The average Bonchev–Trinajstić information content (AvgIpc) is 2.97. The summed E-state index contributed by atoms with van der Waals surface area (Å²) in [5.74, 6) is 7.16. The molecule has 0 saturated carbocycles. The molecule has 5 nitrogen and oxygen atoms in total. The van der Waals surface area contributed by atoms with Gasteiger partial charge in [-0.15, -0.1) is 0 Å². The zero-order valence-corrected chi connectivity index (χ0v) is 11.8. The summed E-state index contributed by atoms with van der Waals surface area (Å²) in [6.07, 6.45) is 1.87. The average molecular weight is 275 g/mol. The first kappa shape index (κ1) is 14.4. The Labute approximate surface area is 119 Å². The fourth-order valence-corrected chi connectivity index (χ4v) is 2.14. The van der Waals surface area contributed by atoms with Crippen LogP contribution in [-0.2, 0) is 0 Å². The Morgan fingerprint density at radius 1 is 1.15 bits per heavy atom. The molecule has 20 heavy (non-hydrogen) atoms. The van der Waals surface area contributed by atoms with Crippen LogP contribution in [0.2, 0.25) is 0 Å². The van der Waals surface area contributed by atoms with Gasteiger partial charge in [0.15, 0.2) is 11.5 Å². The SMILES string of the molecule is CCOc1ccc(C(NN)c2ccc[nH]2)cc1OCC. The van der Waals surface area contributed by atoms with Crippen LogP contribution in [0.15, 0.2) is 36.5 Å². The first-order valence-corrected chi connectivity index (χ1v) is 6.79. The van der Waals surface area contributed by atoms with E-state index >= 15 is 0 Å². The number of nitrogens with two attached hydrogens (primary N) is 1. The molecule has 1 unspecified atom stereocenters. The number of H-pyrrole nitrogens is 1. The van der Waals surface area contributed by atoms with Gasteiger partial charge < -0.3 is 14.5 Å². The van der Waals surface area contributed by atoms with Crippen molar-refractivity contribution in [2.75, 3.05) is 13.2 Å². The van der Waals surface area contributed by atoms with E-state index in [-0.39, 0.29) is 6.04 Å². The Morgan fingerprint density at radius 2 is 1.90 bits per heavy atom. The van der Waals surface area contributed by atoms with Crippen LogP contribution in [0.1, 0.15) is 31.1 Å². The van der Waals surface area contributed by atoms with Crippen LogP contribution in [0.5, 0.6) is 11.5 Å². The molecule has 0 saturated heterocycles. The minimum Gasteiger partial charge on any atom is -0.490 e. The van der Waals surface area contributed by atoms with Crippen molar-refractivity contribution in [3.8, 4) is 11.5 Å². The van der Waals surface area contributed by atoms with Crippen molar-refractivity contribution in [3.63, 3.8) is 0 Å². The molecule has 1 heterocycles. The quantitative estimate of drug-likeness (QED) is 0.536. The molecule has 1 aromatic carbocycles. The number of hydrogen-bond donors (Lipinski definition) is 3. The Hall–Kier alpha value is -1.98. The lowest BCUT2D eigenvalue weighted by molar-refractivity contribution is 0.287. The molecule has 0 aliphatic carbocycles. The highest BCUT2D eigenvalue weighted by Crippen LogP contribution is 2.32. The van der Waals surface area contributed by atoms with E-state index in [0.29, 0.717) is 13.2 Å². The molecule has 2 aromatic rings. The van der Waals surface area contributed by atoms with Gasteiger partial charge in [0.2, 0.25) is 0 Å². The Bertz CT molecular complexity index is 526. The lowest BCUT2D eigenvalue weighted by Gasteiger charge is -2.18. The van der Waals surface area contributed by atoms with Crippen molar-refractivity contribution in [1.82, 2.24) is 10.4 Å². The van der Waals surface area contributed by atoms with Crippen molar-refractivity contribution in [3.05, 3.63) is 47.8 Å². The van der Waals surface area contributed by atoms with Gasteiger partial charge in [0.25, 0.3) is 0 Å². The summed E-state index contributed by atoms with van der Waals surface area (Å²) in [6.45, 7) is 5.10. The molecule has 0 bridgehead atoms. The predicted molar refractivity (Wildman–Crippen MR) is 78.7 cm³/mol. The van der Waals surface area contributed by atoms with Gasteiger partial charge in [0, 0.05) is 11.9 Å². The van der Waals surface area contributed by atoms with E-state index in [4.69, 9.17) is 15.3 Å². The predicted octanol–water partition coefficient (Wildman–Crippen LogP) is 2.36. The highest BCUT2D eigenvalue weighted by atomic mass is 16.5. The van der Waals surface area contributed by atoms with Gasteiger partial charge in [-0.25, -0.2) is 5.43 Å². The molecule has 0 radical (unpaired) electrons. The van der Waals surface area contributed by atoms with Gasteiger partial charge in [-0.1, -0.05) is 6.07 Å². The van der Waals surface area contributed by atoms with Gasteiger partial charge in [0.1, 0.15) is 0 Å². The Morgan fingerprint density at radius 3 is 2.50 bits per heavy atom. The van der Waals surface area contributed by atoms with Crippen LogP contribution in [0.4, 0.5) is 0 Å². The highest BCUT2D eigenvalue weighted by molar-refractivity contribution is 5.45. The van der Waals surface area contributed by atoms with E-state index in [0.717, 1.165) is 22.8 Å². The summed E-state index contributed by atoms with van der Waals surface area (Å²) in [5.41, 5.74) is 4.83. The number of aromatic amines is 1. The lowest BCUT2D eigenvalue weighted by atomic mass is 10.0. The molecule has 108 valence electrons. The summed E-state index contributed by atoms with van der Waals surface area (Å²) in [7, 11) is 0. The molecule has 0 aliphatic rings. The van der Waals surface area contributed by atoms with E-state index in [9.17, 15) is 0 Å². The maximum absolute atomic E-state index is 5.67. The number of ether oxygens (including phenoxy) is 2. The second-order valence-corrected chi connectivity index (χ2v) is 4.30. The topological polar surface area (TPSA) is 72.3 Å². The Balaban J connectivity index is 2.33. The van der Waals surface area contributed by atoms with Gasteiger partial charge in [0.05, 0.1) is 19.3 Å². The second-order valence-electron chi connectivity index (χ2n) is 4.30. The third-order valence-electron chi connectivity index (χ3n) is 3.00. The van der Waals surface area contributed by atoms with E-state index in [1.165, 1.54) is 0 Å². The van der Waals surface area contributed by atoms with E-state index in [1.54, 1.807) is 0 Å². The summed E-state index contributed by atoms with van der Waals surface area (Å²) in [6, 6.07) is 9.68. The van der Waals surface area contributed by atoms with E-state index in [1.807, 2.05) is 50.4 Å². The van der Waals surface area contributed by atoms with Gasteiger partial charge >= 0.3 is 0 Å². The van der Waals surface area contributed by atoms with Crippen molar-refractivity contribution in [2.24, 2.45) is 5.84 Å². The van der Waals surface area contributed by atoms with Crippen LogP contribution >= 0.6 is 0 Å². The molecule has 0 aliphatic heterocycles. The number of aromatic nitrogens is 1. The fraction of sp³-hybridized carbons (Fsp3) is 0.333. The van der Waals surface area contributed by atoms with Crippen molar-refractivity contribution >= 4 is 0 Å². The normalized spacial score (nSPS) is 12.2. The molecule has 0 amide bonds. The first-order valence-electron chi connectivity index (χ1n) is 6.79. The molecule has 5 heteroatoms. The molecule has 0 fully saturated rings. The van der Waals surface area contributed by atoms with Crippen LogP contribution in [0, 0.1) is 0 Å². The van der Waals surface area contributed by atoms with Crippen molar-refractivity contribution < 1.29 is 9.47 Å². The van der Waals surface area contributed by atoms with Gasteiger partial charge in [-0.3, -0.25) is 5.84 Å². The largest absolute Gasteiger partial charge is 0.490 e. The van der Waals surface area contributed by atoms with Crippen LogP contribution in [-0.4, -0.2) is 18.2 Å². The van der Waals surface area contributed by atoms with Crippen LogP contribution < -0.4 is 20.7 Å². The Kier molecular flexibility index (Phi) is 5.03. The monoisotopic (exact) mass is 275 g/mol. The number of hydrogen-bond acceptors (Lipinski definition) is 4. The first-order chi connectivity index (χ1) is 9.80. The molecule has 0 spiro atoms. The van der Waals surface area contributed by atoms with E-state index < -0.39 is 0 Å². The number of rotatable bonds is 7.